The summed E-state index contributed by atoms with van der Waals surface area (Å²) in [7, 11) is 0. The minimum Gasteiger partial charge on any atom is -0.504 e. The third-order valence-corrected chi connectivity index (χ3v) is 9.93. The summed E-state index contributed by atoms with van der Waals surface area (Å²) in [6, 6.07) is 14.5. The van der Waals surface area contributed by atoms with E-state index in [2.05, 4.69) is 9.21 Å². The number of fused-ring (bicyclic) bond motifs is 2. The second-order valence-corrected chi connectivity index (χ2v) is 12.7. The van der Waals surface area contributed by atoms with E-state index in [1.807, 2.05) is 18.2 Å². The molecule has 3 aromatic carbocycles. The zero-order valence-electron chi connectivity index (χ0n) is 21.7. The molecule has 0 radical (unpaired) electrons. The van der Waals surface area contributed by atoms with Crippen LogP contribution < -0.4 is 4.90 Å². The predicted octanol–water partition coefficient (Wildman–Crippen LogP) is 7.36. The highest BCUT2D eigenvalue weighted by Crippen LogP contribution is 2.45. The van der Waals surface area contributed by atoms with Crippen LogP contribution in [0.5, 0.6) is 5.75 Å². The van der Waals surface area contributed by atoms with Crippen molar-refractivity contribution >= 4 is 46.7 Å². The number of aromatic hydroxyl groups is 1. The minimum absolute atomic E-state index is 0.0237. The van der Waals surface area contributed by atoms with E-state index in [1.54, 1.807) is 22.9 Å². The highest BCUT2D eigenvalue weighted by atomic mass is 35.5. The van der Waals surface area contributed by atoms with Crippen LogP contribution in [0.15, 0.2) is 59.5 Å². The Balaban J connectivity index is 1.14. The van der Waals surface area contributed by atoms with Crippen molar-refractivity contribution in [3.05, 3.63) is 87.4 Å². The van der Waals surface area contributed by atoms with Gasteiger partial charge in [-0.15, -0.1) is 0 Å². The average molecular weight is 605 g/mol. The standard InChI is InChI=1S/C30H29Cl2F2N3O2S/c31-26-13-21(34)5-8-25(26)30(39)35-16-22-6-7-23(17-35)37(22)28-15-24(14-27(32)29(28)38)40-36-11-9-19(10-12-36)18-1-3-20(33)4-2-18/h1-5,8,13-15,19,22-23,38H,6-7,9-12,16-17H2. The number of halogens is 4. The smallest absolute Gasteiger partial charge is 0.255 e. The summed E-state index contributed by atoms with van der Waals surface area (Å²) in [5.41, 5.74) is 2.16. The van der Waals surface area contributed by atoms with Crippen LogP contribution in [0.25, 0.3) is 0 Å². The zero-order chi connectivity index (χ0) is 28.0. The van der Waals surface area contributed by atoms with E-state index in [0.29, 0.717) is 35.3 Å². The molecule has 3 aromatic rings. The number of rotatable bonds is 5. The lowest BCUT2D eigenvalue weighted by Crippen LogP contribution is -2.55. The van der Waals surface area contributed by atoms with Gasteiger partial charge < -0.3 is 14.9 Å². The maximum Gasteiger partial charge on any atom is 0.255 e. The Bertz CT molecular complexity index is 1400. The van der Waals surface area contributed by atoms with E-state index in [1.165, 1.54) is 29.8 Å². The molecule has 0 saturated carbocycles. The van der Waals surface area contributed by atoms with E-state index in [9.17, 15) is 18.7 Å². The summed E-state index contributed by atoms with van der Waals surface area (Å²) < 4.78 is 29.1. The summed E-state index contributed by atoms with van der Waals surface area (Å²) in [5, 5.41) is 11.4. The average Bonchev–Trinajstić information content (AvgIpc) is 3.19. The Hall–Kier alpha value is -2.52. The molecule has 2 bridgehead atoms. The van der Waals surface area contributed by atoms with E-state index < -0.39 is 5.82 Å². The van der Waals surface area contributed by atoms with Crippen molar-refractivity contribution in [2.45, 2.75) is 48.6 Å². The number of phenols is 1. The van der Waals surface area contributed by atoms with Crippen LogP contribution in [-0.2, 0) is 0 Å². The summed E-state index contributed by atoms with van der Waals surface area (Å²) >= 11 is 14.3. The molecule has 210 valence electrons. The first-order chi connectivity index (χ1) is 19.3. The number of hydrogen-bond donors (Lipinski definition) is 1. The molecule has 3 aliphatic rings. The first-order valence-electron chi connectivity index (χ1n) is 13.5. The minimum atomic E-state index is -0.478. The molecule has 2 unspecified atom stereocenters. The first kappa shape index (κ1) is 27.6. The number of benzene rings is 3. The van der Waals surface area contributed by atoms with Gasteiger partial charge in [0.25, 0.3) is 5.91 Å². The predicted molar refractivity (Wildman–Crippen MR) is 156 cm³/mol. The highest BCUT2D eigenvalue weighted by molar-refractivity contribution is 7.97. The number of phenolic OH excluding ortho intramolecular Hbond substituents is 1. The number of carbonyl (C=O) groups excluding carboxylic acids is 1. The van der Waals surface area contributed by atoms with Gasteiger partial charge in [-0.1, -0.05) is 35.3 Å². The number of anilines is 1. The lowest BCUT2D eigenvalue weighted by atomic mass is 9.90. The van der Waals surface area contributed by atoms with Gasteiger partial charge in [0, 0.05) is 43.2 Å². The van der Waals surface area contributed by atoms with Gasteiger partial charge in [-0.25, -0.2) is 13.1 Å². The normalized spacial score (nSPS) is 21.7. The van der Waals surface area contributed by atoms with E-state index in [4.69, 9.17) is 23.2 Å². The first-order valence-corrected chi connectivity index (χ1v) is 15.0. The fraction of sp³-hybridized carbons (Fsp3) is 0.367. The maximum absolute atomic E-state index is 13.5. The SMILES string of the molecule is O=C(c1ccc(F)cc1Cl)N1CC2CCC(C1)N2c1cc(SN2CCC(c3ccc(F)cc3)CC2)cc(Cl)c1O. The van der Waals surface area contributed by atoms with Gasteiger partial charge >= 0.3 is 0 Å². The summed E-state index contributed by atoms with van der Waals surface area (Å²) in [5.74, 6) is -0.434. The molecular weight excluding hydrogens is 575 g/mol. The molecule has 3 fully saturated rings. The van der Waals surface area contributed by atoms with Gasteiger partial charge in [0.15, 0.2) is 5.75 Å². The van der Waals surface area contributed by atoms with Gasteiger partial charge in [0.1, 0.15) is 11.6 Å². The number of piperidine rings is 1. The number of nitrogens with zero attached hydrogens (tertiary/aromatic N) is 3. The second kappa shape index (κ2) is 11.4. The summed E-state index contributed by atoms with van der Waals surface area (Å²) in [6.45, 7) is 2.74. The lowest BCUT2D eigenvalue weighted by Gasteiger charge is -2.43. The van der Waals surface area contributed by atoms with Gasteiger partial charge in [0.2, 0.25) is 0 Å². The molecule has 10 heteroatoms. The number of amides is 1. The van der Waals surface area contributed by atoms with E-state index in [0.717, 1.165) is 49.7 Å². The Morgan fingerprint density at radius 2 is 1.50 bits per heavy atom. The van der Waals surface area contributed by atoms with Crippen LogP contribution in [0.3, 0.4) is 0 Å². The maximum atomic E-state index is 13.5. The molecule has 3 aliphatic heterocycles. The van der Waals surface area contributed by atoms with Crippen LogP contribution in [0.4, 0.5) is 14.5 Å². The molecule has 1 N–H and O–H groups in total. The van der Waals surface area contributed by atoms with Crippen LogP contribution in [-0.4, -0.2) is 58.5 Å². The van der Waals surface area contributed by atoms with Crippen molar-refractivity contribution < 1.29 is 18.7 Å². The molecule has 1 amide bonds. The Kier molecular flexibility index (Phi) is 7.87. The summed E-state index contributed by atoms with van der Waals surface area (Å²) in [4.78, 5) is 18.2. The molecule has 5 nitrogen and oxygen atoms in total. The van der Waals surface area contributed by atoms with Crippen LogP contribution in [0, 0.1) is 11.6 Å². The zero-order valence-corrected chi connectivity index (χ0v) is 24.0. The number of hydrogen-bond acceptors (Lipinski definition) is 5. The van der Waals surface area contributed by atoms with Crippen molar-refractivity contribution in [1.82, 2.24) is 9.21 Å². The van der Waals surface area contributed by atoms with Gasteiger partial charge in [-0.05, 0) is 91.6 Å². The highest BCUT2D eigenvalue weighted by Gasteiger charge is 2.43. The Morgan fingerprint density at radius 3 is 2.15 bits per heavy atom. The third-order valence-electron chi connectivity index (χ3n) is 8.26. The van der Waals surface area contributed by atoms with Crippen molar-refractivity contribution in [3.8, 4) is 5.75 Å². The third kappa shape index (κ3) is 5.51. The molecule has 3 saturated heterocycles. The van der Waals surface area contributed by atoms with Crippen LogP contribution >= 0.6 is 35.1 Å². The lowest BCUT2D eigenvalue weighted by molar-refractivity contribution is 0.0718. The molecular formula is C30H29Cl2F2N3O2S. The fourth-order valence-corrected chi connectivity index (χ4v) is 7.82. The fourth-order valence-electron chi connectivity index (χ4n) is 6.27. The van der Waals surface area contributed by atoms with Crippen LogP contribution in [0.2, 0.25) is 10.0 Å². The van der Waals surface area contributed by atoms with Crippen molar-refractivity contribution in [3.63, 3.8) is 0 Å². The van der Waals surface area contributed by atoms with E-state index in [-0.39, 0.29) is 34.6 Å². The molecule has 0 spiro atoms. The van der Waals surface area contributed by atoms with Crippen LogP contribution in [0.1, 0.15) is 47.5 Å². The number of likely N-dealkylation sites (tertiary alicyclic amines) is 1. The quantitative estimate of drug-likeness (QED) is 0.309. The molecule has 3 heterocycles. The molecule has 40 heavy (non-hydrogen) atoms. The Labute approximate surface area is 246 Å². The number of piperazine rings is 1. The molecule has 0 aromatic heterocycles. The second-order valence-electron chi connectivity index (χ2n) is 10.7. The van der Waals surface area contributed by atoms with Crippen molar-refractivity contribution in [2.24, 2.45) is 0 Å². The topological polar surface area (TPSA) is 47.0 Å². The molecule has 0 aliphatic carbocycles. The van der Waals surface area contributed by atoms with Gasteiger partial charge in [-0.2, -0.15) is 0 Å². The largest absolute Gasteiger partial charge is 0.504 e. The Morgan fingerprint density at radius 1 is 0.850 bits per heavy atom. The van der Waals surface area contributed by atoms with Crippen molar-refractivity contribution in [1.29, 1.82) is 0 Å². The van der Waals surface area contributed by atoms with E-state index >= 15 is 0 Å². The van der Waals surface area contributed by atoms with Gasteiger partial charge in [0.05, 0.1) is 21.3 Å². The molecule has 6 rings (SSSR count). The molecule has 2 atom stereocenters. The van der Waals surface area contributed by atoms with Gasteiger partial charge in [-0.3, -0.25) is 4.79 Å². The number of carbonyl (C=O) groups is 1. The van der Waals surface area contributed by atoms with Crippen molar-refractivity contribution in [2.75, 3.05) is 31.1 Å². The summed E-state index contributed by atoms with van der Waals surface area (Å²) in [6.07, 6.45) is 3.73. The monoisotopic (exact) mass is 603 g/mol.